The zero-order valence-corrected chi connectivity index (χ0v) is 13.4. The fourth-order valence-electron chi connectivity index (χ4n) is 2.10. The van der Waals surface area contributed by atoms with E-state index >= 15 is 0 Å². The van der Waals surface area contributed by atoms with E-state index in [0.29, 0.717) is 16.9 Å². The van der Waals surface area contributed by atoms with Crippen molar-refractivity contribution in [1.29, 1.82) is 0 Å². The first-order chi connectivity index (χ1) is 10.6. The lowest BCUT2D eigenvalue weighted by Gasteiger charge is -2.08. The van der Waals surface area contributed by atoms with Gasteiger partial charge in [-0.3, -0.25) is 9.59 Å². The van der Waals surface area contributed by atoms with Crippen molar-refractivity contribution in [2.45, 2.75) is 12.8 Å². The maximum Gasteiger partial charge on any atom is 0.255 e. The number of hydrogen-bond acceptors (Lipinski definition) is 2. The van der Waals surface area contributed by atoms with Crippen molar-refractivity contribution < 1.29 is 9.59 Å². The second kappa shape index (κ2) is 6.32. The molecule has 2 aromatic rings. The molecule has 0 spiro atoms. The van der Waals surface area contributed by atoms with E-state index in [0.717, 1.165) is 17.3 Å². The van der Waals surface area contributed by atoms with Crippen molar-refractivity contribution in [3.8, 4) is 0 Å². The van der Waals surface area contributed by atoms with Gasteiger partial charge in [-0.1, -0.05) is 28.1 Å². The normalized spacial score (nSPS) is 13.5. The molecule has 0 unspecified atom stereocenters. The van der Waals surface area contributed by atoms with Gasteiger partial charge in [-0.25, -0.2) is 0 Å². The van der Waals surface area contributed by atoms with Crippen LogP contribution in [0.1, 0.15) is 23.2 Å². The Morgan fingerprint density at radius 2 is 1.64 bits per heavy atom. The van der Waals surface area contributed by atoms with Crippen LogP contribution in [0.3, 0.4) is 0 Å². The monoisotopic (exact) mass is 358 g/mol. The summed E-state index contributed by atoms with van der Waals surface area (Å²) in [6.45, 7) is 0. The standard InChI is InChI=1S/C17H15BrN2O2/c18-13-4-2-6-15(10-13)20-17(22)12-3-1-5-14(9-12)19-16(21)11-7-8-11/h1-6,9-11H,7-8H2,(H,19,21)(H,20,22). The lowest BCUT2D eigenvalue weighted by Crippen LogP contribution is -2.15. The minimum absolute atomic E-state index is 0.0320. The third-order valence-electron chi connectivity index (χ3n) is 3.42. The van der Waals surface area contributed by atoms with Gasteiger partial charge in [0.25, 0.3) is 5.91 Å². The number of benzene rings is 2. The molecule has 2 aromatic carbocycles. The molecule has 22 heavy (non-hydrogen) atoms. The molecule has 1 aliphatic rings. The van der Waals surface area contributed by atoms with E-state index < -0.39 is 0 Å². The fraction of sp³-hybridized carbons (Fsp3) is 0.176. The Morgan fingerprint density at radius 1 is 0.955 bits per heavy atom. The van der Waals surface area contributed by atoms with Crippen LogP contribution < -0.4 is 10.6 Å². The van der Waals surface area contributed by atoms with Crippen LogP contribution in [0.25, 0.3) is 0 Å². The number of anilines is 2. The molecule has 0 bridgehead atoms. The molecule has 5 heteroatoms. The summed E-state index contributed by atoms with van der Waals surface area (Å²) >= 11 is 3.37. The number of hydrogen-bond donors (Lipinski definition) is 2. The molecule has 2 amide bonds. The number of halogens is 1. The van der Waals surface area contributed by atoms with Crippen molar-refractivity contribution in [3.05, 3.63) is 58.6 Å². The summed E-state index contributed by atoms with van der Waals surface area (Å²) in [5.41, 5.74) is 1.87. The Kier molecular flexibility index (Phi) is 4.24. The van der Waals surface area contributed by atoms with E-state index in [4.69, 9.17) is 0 Å². The number of rotatable bonds is 4. The summed E-state index contributed by atoms with van der Waals surface area (Å²) < 4.78 is 0.899. The van der Waals surface area contributed by atoms with Crippen LogP contribution in [0, 0.1) is 5.92 Å². The lowest BCUT2D eigenvalue weighted by atomic mass is 10.1. The first-order valence-electron chi connectivity index (χ1n) is 7.10. The second-order valence-corrected chi connectivity index (χ2v) is 6.22. The smallest absolute Gasteiger partial charge is 0.255 e. The Bertz CT molecular complexity index is 726. The number of amides is 2. The molecule has 0 saturated heterocycles. The van der Waals surface area contributed by atoms with Gasteiger partial charge in [0.15, 0.2) is 0 Å². The summed E-state index contributed by atoms with van der Waals surface area (Å²) in [4.78, 5) is 24.0. The third-order valence-corrected chi connectivity index (χ3v) is 3.92. The van der Waals surface area contributed by atoms with E-state index in [1.165, 1.54) is 0 Å². The molecule has 0 atom stereocenters. The SMILES string of the molecule is O=C(Nc1cccc(Br)c1)c1cccc(NC(=O)C2CC2)c1. The van der Waals surface area contributed by atoms with Gasteiger partial charge in [0.2, 0.25) is 5.91 Å². The van der Waals surface area contributed by atoms with Gasteiger partial charge in [-0.05, 0) is 49.2 Å². The Morgan fingerprint density at radius 3 is 2.32 bits per heavy atom. The Labute approximate surface area is 137 Å². The van der Waals surface area contributed by atoms with Crippen LogP contribution >= 0.6 is 15.9 Å². The van der Waals surface area contributed by atoms with Crippen LogP contribution in [0.15, 0.2) is 53.0 Å². The maximum atomic E-state index is 12.3. The Balaban J connectivity index is 1.70. The highest BCUT2D eigenvalue weighted by Crippen LogP contribution is 2.30. The highest BCUT2D eigenvalue weighted by atomic mass is 79.9. The van der Waals surface area contributed by atoms with Crippen LogP contribution in [-0.2, 0) is 4.79 Å². The molecule has 112 valence electrons. The molecular formula is C17H15BrN2O2. The number of carbonyl (C=O) groups is 2. The second-order valence-electron chi connectivity index (χ2n) is 5.31. The van der Waals surface area contributed by atoms with Gasteiger partial charge < -0.3 is 10.6 Å². The van der Waals surface area contributed by atoms with E-state index in [2.05, 4.69) is 26.6 Å². The van der Waals surface area contributed by atoms with Crippen LogP contribution in [-0.4, -0.2) is 11.8 Å². The third kappa shape index (κ3) is 3.74. The van der Waals surface area contributed by atoms with Crippen LogP contribution in [0.4, 0.5) is 11.4 Å². The van der Waals surface area contributed by atoms with Gasteiger partial charge in [-0.2, -0.15) is 0 Å². The number of nitrogens with one attached hydrogen (secondary N) is 2. The van der Waals surface area contributed by atoms with Gasteiger partial charge >= 0.3 is 0 Å². The van der Waals surface area contributed by atoms with Gasteiger partial charge in [0.1, 0.15) is 0 Å². The summed E-state index contributed by atoms with van der Waals surface area (Å²) in [6, 6.07) is 14.4. The van der Waals surface area contributed by atoms with E-state index in [1.54, 1.807) is 24.3 Å². The average Bonchev–Trinajstić information content (AvgIpc) is 3.32. The average molecular weight is 359 g/mol. The van der Waals surface area contributed by atoms with E-state index in [1.807, 2.05) is 24.3 Å². The molecule has 0 heterocycles. The molecular weight excluding hydrogens is 344 g/mol. The van der Waals surface area contributed by atoms with E-state index in [-0.39, 0.29) is 17.7 Å². The van der Waals surface area contributed by atoms with Crippen molar-refractivity contribution in [2.24, 2.45) is 5.92 Å². The first-order valence-corrected chi connectivity index (χ1v) is 7.89. The predicted molar refractivity (Wildman–Crippen MR) is 89.9 cm³/mol. The minimum atomic E-state index is -0.208. The quantitative estimate of drug-likeness (QED) is 0.865. The molecule has 0 radical (unpaired) electrons. The molecule has 4 nitrogen and oxygen atoms in total. The summed E-state index contributed by atoms with van der Waals surface area (Å²) in [5, 5.41) is 5.68. The van der Waals surface area contributed by atoms with Crippen molar-refractivity contribution in [1.82, 2.24) is 0 Å². The lowest BCUT2D eigenvalue weighted by molar-refractivity contribution is -0.117. The highest BCUT2D eigenvalue weighted by molar-refractivity contribution is 9.10. The highest BCUT2D eigenvalue weighted by Gasteiger charge is 2.29. The predicted octanol–water partition coefficient (Wildman–Crippen LogP) is 4.05. The van der Waals surface area contributed by atoms with Crippen molar-refractivity contribution in [3.63, 3.8) is 0 Å². The fourth-order valence-corrected chi connectivity index (χ4v) is 2.50. The van der Waals surface area contributed by atoms with Crippen molar-refractivity contribution >= 4 is 39.1 Å². The van der Waals surface area contributed by atoms with E-state index in [9.17, 15) is 9.59 Å². The molecule has 1 fully saturated rings. The number of carbonyl (C=O) groups excluding carboxylic acids is 2. The van der Waals surface area contributed by atoms with Gasteiger partial charge in [0, 0.05) is 27.3 Å². The zero-order chi connectivity index (χ0) is 15.5. The first kappa shape index (κ1) is 14.8. The Hall–Kier alpha value is -2.14. The molecule has 0 aliphatic heterocycles. The maximum absolute atomic E-state index is 12.3. The molecule has 3 rings (SSSR count). The van der Waals surface area contributed by atoms with Crippen molar-refractivity contribution in [2.75, 3.05) is 10.6 Å². The summed E-state index contributed by atoms with van der Waals surface area (Å²) in [6.07, 6.45) is 1.91. The molecule has 1 aliphatic carbocycles. The zero-order valence-electron chi connectivity index (χ0n) is 11.8. The summed E-state index contributed by atoms with van der Waals surface area (Å²) in [7, 11) is 0. The largest absolute Gasteiger partial charge is 0.326 e. The minimum Gasteiger partial charge on any atom is -0.326 e. The summed E-state index contributed by atoms with van der Waals surface area (Å²) in [5.74, 6) is -0.0377. The molecule has 1 saturated carbocycles. The molecule has 0 aromatic heterocycles. The van der Waals surface area contributed by atoms with Gasteiger partial charge in [0.05, 0.1) is 0 Å². The molecule has 2 N–H and O–H groups in total. The topological polar surface area (TPSA) is 58.2 Å². The van der Waals surface area contributed by atoms with Crippen LogP contribution in [0.2, 0.25) is 0 Å². The van der Waals surface area contributed by atoms with Crippen LogP contribution in [0.5, 0.6) is 0 Å². The van der Waals surface area contributed by atoms with Gasteiger partial charge in [-0.15, -0.1) is 0 Å².